The molecule has 5 heteroatoms. The standard InChI is InChI=1S/C20H22INO3/c1-3-25-19(23)11-12-22(14-16-7-5-4-6-8-16)20(24)17-10-9-15(2)18(21)13-17/h4-10,13H,3,11-12,14H2,1-2H3. The highest BCUT2D eigenvalue weighted by Gasteiger charge is 2.18. The molecule has 25 heavy (non-hydrogen) atoms. The number of carbonyl (C=O) groups is 2. The normalized spacial score (nSPS) is 10.4. The van der Waals surface area contributed by atoms with Crippen LogP contribution in [0, 0.1) is 10.5 Å². The van der Waals surface area contributed by atoms with E-state index in [1.165, 1.54) is 0 Å². The molecule has 0 aliphatic carbocycles. The topological polar surface area (TPSA) is 46.6 Å². The molecule has 0 saturated carbocycles. The number of hydrogen-bond donors (Lipinski definition) is 0. The highest BCUT2D eigenvalue weighted by Crippen LogP contribution is 2.17. The van der Waals surface area contributed by atoms with Crippen LogP contribution in [0.5, 0.6) is 0 Å². The van der Waals surface area contributed by atoms with Crippen molar-refractivity contribution in [2.24, 2.45) is 0 Å². The molecule has 132 valence electrons. The Morgan fingerprint density at radius 2 is 1.84 bits per heavy atom. The van der Waals surface area contributed by atoms with E-state index in [1.54, 1.807) is 11.8 Å². The van der Waals surface area contributed by atoms with Gasteiger partial charge in [-0.15, -0.1) is 0 Å². The lowest BCUT2D eigenvalue weighted by atomic mass is 10.1. The van der Waals surface area contributed by atoms with E-state index in [9.17, 15) is 9.59 Å². The Balaban J connectivity index is 2.18. The molecule has 4 nitrogen and oxygen atoms in total. The number of esters is 1. The number of benzene rings is 2. The zero-order chi connectivity index (χ0) is 18.2. The van der Waals surface area contributed by atoms with E-state index in [0.29, 0.717) is 25.3 Å². The van der Waals surface area contributed by atoms with Gasteiger partial charge in [0.15, 0.2) is 0 Å². The van der Waals surface area contributed by atoms with Crippen LogP contribution in [0.3, 0.4) is 0 Å². The number of aryl methyl sites for hydroxylation is 1. The molecule has 0 aliphatic rings. The Morgan fingerprint density at radius 1 is 1.12 bits per heavy atom. The Labute approximate surface area is 162 Å². The maximum atomic E-state index is 13.0. The molecule has 2 rings (SSSR count). The molecule has 0 aliphatic heterocycles. The molecular weight excluding hydrogens is 429 g/mol. The summed E-state index contributed by atoms with van der Waals surface area (Å²) in [5.74, 6) is -0.363. The second kappa shape index (κ2) is 9.56. The van der Waals surface area contributed by atoms with E-state index >= 15 is 0 Å². The summed E-state index contributed by atoms with van der Waals surface area (Å²) < 4.78 is 6.03. The Hall–Kier alpha value is -1.89. The first kappa shape index (κ1) is 19.4. The monoisotopic (exact) mass is 451 g/mol. The zero-order valence-corrected chi connectivity index (χ0v) is 16.7. The van der Waals surface area contributed by atoms with Gasteiger partial charge in [-0.2, -0.15) is 0 Å². The van der Waals surface area contributed by atoms with Crippen molar-refractivity contribution in [3.05, 3.63) is 68.8 Å². The number of nitrogens with zero attached hydrogens (tertiary/aromatic N) is 1. The van der Waals surface area contributed by atoms with Gasteiger partial charge in [0.2, 0.25) is 0 Å². The molecule has 2 aromatic carbocycles. The summed E-state index contributed by atoms with van der Waals surface area (Å²) in [5, 5.41) is 0. The number of hydrogen-bond acceptors (Lipinski definition) is 3. The average Bonchev–Trinajstić information content (AvgIpc) is 2.61. The van der Waals surface area contributed by atoms with Crippen molar-refractivity contribution in [2.45, 2.75) is 26.8 Å². The highest BCUT2D eigenvalue weighted by atomic mass is 127. The van der Waals surface area contributed by atoms with E-state index < -0.39 is 0 Å². The van der Waals surface area contributed by atoms with Gasteiger partial charge in [-0.05, 0) is 59.7 Å². The van der Waals surface area contributed by atoms with Crippen LogP contribution in [-0.2, 0) is 16.1 Å². The van der Waals surface area contributed by atoms with Gasteiger partial charge in [0.1, 0.15) is 0 Å². The summed E-state index contributed by atoms with van der Waals surface area (Å²) >= 11 is 2.23. The fourth-order valence-electron chi connectivity index (χ4n) is 2.42. The van der Waals surface area contributed by atoms with Crippen molar-refractivity contribution in [1.82, 2.24) is 4.90 Å². The summed E-state index contributed by atoms with van der Waals surface area (Å²) in [6.07, 6.45) is 0.190. The summed E-state index contributed by atoms with van der Waals surface area (Å²) in [6, 6.07) is 15.4. The van der Waals surface area contributed by atoms with Crippen molar-refractivity contribution in [2.75, 3.05) is 13.2 Å². The first-order valence-electron chi connectivity index (χ1n) is 8.26. The lowest BCUT2D eigenvalue weighted by Gasteiger charge is -2.23. The predicted molar refractivity (Wildman–Crippen MR) is 106 cm³/mol. The van der Waals surface area contributed by atoms with Crippen molar-refractivity contribution < 1.29 is 14.3 Å². The molecule has 0 aromatic heterocycles. The Morgan fingerprint density at radius 3 is 2.48 bits per heavy atom. The van der Waals surface area contributed by atoms with E-state index in [-0.39, 0.29) is 18.3 Å². The average molecular weight is 451 g/mol. The van der Waals surface area contributed by atoms with Gasteiger partial charge >= 0.3 is 5.97 Å². The van der Waals surface area contributed by atoms with Crippen LogP contribution < -0.4 is 0 Å². The molecule has 0 fully saturated rings. The Kier molecular flexibility index (Phi) is 7.43. The number of carbonyl (C=O) groups excluding carboxylic acids is 2. The second-order valence-electron chi connectivity index (χ2n) is 5.73. The second-order valence-corrected chi connectivity index (χ2v) is 6.89. The molecule has 2 aromatic rings. The summed E-state index contributed by atoms with van der Waals surface area (Å²) in [4.78, 5) is 26.4. The van der Waals surface area contributed by atoms with E-state index in [4.69, 9.17) is 4.74 Å². The zero-order valence-electron chi connectivity index (χ0n) is 14.5. The number of halogens is 1. The van der Waals surface area contributed by atoms with Gasteiger partial charge in [-0.1, -0.05) is 36.4 Å². The molecule has 0 bridgehead atoms. The molecule has 1 amide bonds. The molecule has 0 N–H and O–H groups in total. The minimum Gasteiger partial charge on any atom is -0.466 e. The number of rotatable bonds is 7. The van der Waals surface area contributed by atoms with Crippen LogP contribution in [0.15, 0.2) is 48.5 Å². The van der Waals surface area contributed by atoms with Gasteiger partial charge in [-0.3, -0.25) is 9.59 Å². The van der Waals surface area contributed by atoms with Gasteiger partial charge < -0.3 is 9.64 Å². The molecule has 0 saturated heterocycles. The summed E-state index contributed by atoms with van der Waals surface area (Å²) in [5.41, 5.74) is 2.80. The SMILES string of the molecule is CCOC(=O)CCN(Cc1ccccc1)C(=O)c1ccc(C)c(I)c1. The lowest BCUT2D eigenvalue weighted by Crippen LogP contribution is -2.33. The van der Waals surface area contributed by atoms with Crippen LogP contribution in [0.25, 0.3) is 0 Å². The highest BCUT2D eigenvalue weighted by molar-refractivity contribution is 14.1. The van der Waals surface area contributed by atoms with E-state index in [1.807, 2.05) is 55.5 Å². The summed E-state index contributed by atoms with van der Waals surface area (Å²) in [6.45, 7) is 4.93. The predicted octanol–water partition coefficient (Wildman–Crippen LogP) is 4.20. The molecule has 0 atom stereocenters. The fraction of sp³-hybridized carbons (Fsp3) is 0.300. The lowest BCUT2D eigenvalue weighted by molar-refractivity contribution is -0.143. The van der Waals surface area contributed by atoms with Crippen molar-refractivity contribution in [3.8, 4) is 0 Å². The van der Waals surface area contributed by atoms with Crippen LogP contribution in [0.2, 0.25) is 0 Å². The first-order chi connectivity index (χ1) is 12.0. The van der Waals surface area contributed by atoms with Crippen LogP contribution in [0.4, 0.5) is 0 Å². The smallest absolute Gasteiger partial charge is 0.307 e. The molecule has 0 unspecified atom stereocenters. The fourth-order valence-corrected chi connectivity index (χ4v) is 2.94. The Bertz CT molecular complexity index is 731. The quantitative estimate of drug-likeness (QED) is 0.469. The van der Waals surface area contributed by atoms with E-state index in [0.717, 1.165) is 14.7 Å². The first-order valence-corrected chi connectivity index (χ1v) is 9.34. The third kappa shape index (κ3) is 5.85. The molecule has 0 heterocycles. The van der Waals surface area contributed by atoms with Gasteiger partial charge in [0.25, 0.3) is 5.91 Å². The van der Waals surface area contributed by atoms with Gasteiger partial charge in [0.05, 0.1) is 13.0 Å². The minimum atomic E-state index is -0.285. The van der Waals surface area contributed by atoms with Crippen molar-refractivity contribution in [1.29, 1.82) is 0 Å². The molecular formula is C20H22INO3. The maximum Gasteiger partial charge on any atom is 0.307 e. The largest absolute Gasteiger partial charge is 0.466 e. The van der Waals surface area contributed by atoms with Crippen molar-refractivity contribution in [3.63, 3.8) is 0 Å². The van der Waals surface area contributed by atoms with E-state index in [2.05, 4.69) is 22.6 Å². The number of ether oxygens (including phenoxy) is 1. The van der Waals surface area contributed by atoms with Crippen molar-refractivity contribution >= 4 is 34.5 Å². The maximum absolute atomic E-state index is 13.0. The molecule has 0 spiro atoms. The number of amides is 1. The third-order valence-electron chi connectivity index (χ3n) is 3.81. The van der Waals surface area contributed by atoms with Gasteiger partial charge in [0, 0.05) is 22.2 Å². The summed E-state index contributed by atoms with van der Waals surface area (Å²) in [7, 11) is 0. The minimum absolute atomic E-state index is 0.0777. The third-order valence-corrected chi connectivity index (χ3v) is 4.98. The van der Waals surface area contributed by atoms with Crippen LogP contribution in [0.1, 0.15) is 34.8 Å². The van der Waals surface area contributed by atoms with Crippen LogP contribution in [-0.4, -0.2) is 29.9 Å². The molecule has 0 radical (unpaired) electrons. The van der Waals surface area contributed by atoms with Crippen LogP contribution >= 0.6 is 22.6 Å². The van der Waals surface area contributed by atoms with Gasteiger partial charge in [-0.25, -0.2) is 0 Å².